The number of nitrogens with one attached hydrogen (secondary N) is 1. The number of hydrogen-bond donors (Lipinski definition) is 1. The molecule has 2 saturated carbocycles. The first-order valence-electron chi connectivity index (χ1n) is 11.8. The number of carbonyl (C=O) groups is 1. The first kappa shape index (κ1) is 20.3. The Bertz CT molecular complexity index is 856. The number of hydrogen-bond acceptors (Lipinski definition) is 6. The van der Waals surface area contributed by atoms with Crippen LogP contribution in [0.2, 0.25) is 0 Å². The average molecular weight is 431 g/mol. The molecule has 0 spiro atoms. The molecule has 1 amide bonds. The van der Waals surface area contributed by atoms with Crippen LogP contribution in [0.1, 0.15) is 51.9 Å². The number of anilines is 1. The van der Waals surface area contributed by atoms with E-state index in [-0.39, 0.29) is 5.92 Å². The first-order valence-corrected chi connectivity index (χ1v) is 12.7. The molecule has 0 aromatic carbocycles. The van der Waals surface area contributed by atoms with E-state index in [0.717, 1.165) is 80.4 Å². The Labute approximate surface area is 183 Å². The summed E-state index contributed by atoms with van der Waals surface area (Å²) in [7, 11) is 0. The van der Waals surface area contributed by atoms with Gasteiger partial charge in [0.15, 0.2) is 11.4 Å². The monoisotopic (exact) mass is 430 g/mol. The van der Waals surface area contributed by atoms with Crippen LogP contribution in [-0.2, 0) is 4.79 Å². The quantitative estimate of drug-likeness (QED) is 0.773. The van der Waals surface area contributed by atoms with E-state index in [9.17, 15) is 4.79 Å². The van der Waals surface area contributed by atoms with E-state index >= 15 is 0 Å². The van der Waals surface area contributed by atoms with Crippen LogP contribution in [0.5, 0.6) is 0 Å². The van der Waals surface area contributed by atoms with Crippen LogP contribution < -0.4 is 10.2 Å². The minimum atomic E-state index is 0.227. The van der Waals surface area contributed by atoms with Gasteiger partial charge in [-0.25, -0.2) is 0 Å². The molecular weight excluding hydrogens is 396 g/mol. The van der Waals surface area contributed by atoms with Gasteiger partial charge in [-0.3, -0.25) is 4.79 Å². The van der Waals surface area contributed by atoms with Crippen LogP contribution in [0.25, 0.3) is 10.3 Å². The van der Waals surface area contributed by atoms with Crippen molar-refractivity contribution < 1.29 is 9.32 Å². The highest BCUT2D eigenvalue weighted by atomic mass is 32.1. The maximum atomic E-state index is 12.8. The summed E-state index contributed by atoms with van der Waals surface area (Å²) in [6.45, 7) is 7.52. The lowest BCUT2D eigenvalue weighted by atomic mass is 9.72. The second-order valence-electron chi connectivity index (χ2n) is 9.67. The van der Waals surface area contributed by atoms with Gasteiger partial charge in [-0.15, -0.1) is 11.3 Å². The maximum absolute atomic E-state index is 12.8. The van der Waals surface area contributed by atoms with E-state index in [4.69, 9.17) is 4.52 Å². The fourth-order valence-corrected chi connectivity index (χ4v) is 6.23. The number of nitrogens with zero attached hydrogens (tertiary/aromatic N) is 3. The Balaban J connectivity index is 1.12. The van der Waals surface area contributed by atoms with Crippen molar-refractivity contribution >= 4 is 33.3 Å². The van der Waals surface area contributed by atoms with Crippen LogP contribution in [0.4, 0.5) is 5.82 Å². The molecule has 30 heavy (non-hydrogen) atoms. The van der Waals surface area contributed by atoms with Crippen LogP contribution in [0.15, 0.2) is 16.0 Å². The molecule has 2 aromatic heterocycles. The molecule has 1 saturated heterocycles. The van der Waals surface area contributed by atoms with E-state index < -0.39 is 0 Å². The molecular formula is C23H34N4O2S. The second-order valence-corrected chi connectivity index (χ2v) is 10.6. The van der Waals surface area contributed by atoms with Crippen molar-refractivity contribution in [2.24, 2.45) is 17.8 Å². The highest BCUT2D eigenvalue weighted by molar-refractivity contribution is 7.17. The van der Waals surface area contributed by atoms with Crippen molar-refractivity contribution in [3.05, 3.63) is 11.4 Å². The van der Waals surface area contributed by atoms with Crippen molar-refractivity contribution in [3.8, 4) is 0 Å². The van der Waals surface area contributed by atoms with E-state index in [2.05, 4.69) is 32.6 Å². The minimum absolute atomic E-state index is 0.227. The van der Waals surface area contributed by atoms with Gasteiger partial charge in [0, 0.05) is 38.1 Å². The summed E-state index contributed by atoms with van der Waals surface area (Å²) in [5.74, 6) is 2.90. The topological polar surface area (TPSA) is 61.6 Å². The molecule has 0 radical (unpaired) electrons. The van der Waals surface area contributed by atoms with E-state index in [1.165, 1.54) is 19.3 Å². The summed E-state index contributed by atoms with van der Waals surface area (Å²) in [5.41, 5.74) is 0.895. The summed E-state index contributed by atoms with van der Waals surface area (Å²) < 4.78 is 6.63. The van der Waals surface area contributed by atoms with Crippen LogP contribution in [0.3, 0.4) is 0 Å². The zero-order valence-corrected chi connectivity index (χ0v) is 18.8. The number of carbonyl (C=O) groups excluding carboxylic acids is 1. The van der Waals surface area contributed by atoms with E-state index in [1.54, 1.807) is 11.3 Å². The molecule has 3 heterocycles. The summed E-state index contributed by atoms with van der Waals surface area (Å²) in [5, 5.41) is 9.77. The third-order valence-electron chi connectivity index (χ3n) is 7.56. The SMILES string of the molecule is C[C@H]1CC[C@H](NC(=O)[C@@H]2CC[C@H]2CN2CCCN(c3noc4ccsc34)CC2)CC1. The van der Waals surface area contributed by atoms with Gasteiger partial charge in [0.2, 0.25) is 5.91 Å². The van der Waals surface area contributed by atoms with Gasteiger partial charge in [-0.1, -0.05) is 12.1 Å². The van der Waals surface area contributed by atoms with Crippen molar-refractivity contribution in [2.45, 2.75) is 57.9 Å². The summed E-state index contributed by atoms with van der Waals surface area (Å²) in [6, 6.07) is 2.41. The molecule has 7 heteroatoms. The van der Waals surface area contributed by atoms with Crippen molar-refractivity contribution in [1.82, 2.24) is 15.4 Å². The Morgan fingerprint density at radius 1 is 1.17 bits per heavy atom. The van der Waals surface area contributed by atoms with Gasteiger partial charge in [-0.05, 0) is 74.8 Å². The van der Waals surface area contributed by atoms with Gasteiger partial charge in [0.1, 0.15) is 4.70 Å². The lowest BCUT2D eigenvalue weighted by Gasteiger charge is -2.40. The van der Waals surface area contributed by atoms with Gasteiger partial charge >= 0.3 is 0 Å². The predicted molar refractivity (Wildman–Crippen MR) is 121 cm³/mol. The summed E-state index contributed by atoms with van der Waals surface area (Å²) in [6.07, 6.45) is 8.22. The third-order valence-corrected chi connectivity index (χ3v) is 8.45. The molecule has 0 bridgehead atoms. The van der Waals surface area contributed by atoms with Crippen LogP contribution in [-0.4, -0.2) is 54.7 Å². The Morgan fingerprint density at radius 3 is 2.83 bits per heavy atom. The largest absolute Gasteiger partial charge is 0.353 e. The molecule has 2 aliphatic carbocycles. The molecule has 3 aliphatic rings. The fourth-order valence-electron chi connectivity index (χ4n) is 5.41. The summed E-state index contributed by atoms with van der Waals surface area (Å²) in [4.78, 5) is 17.8. The third kappa shape index (κ3) is 4.24. The fraction of sp³-hybridized carbons (Fsp3) is 0.739. The van der Waals surface area contributed by atoms with E-state index in [0.29, 0.717) is 17.9 Å². The smallest absolute Gasteiger partial charge is 0.223 e. The molecule has 2 atom stereocenters. The number of amides is 1. The Kier molecular flexibility index (Phi) is 6.01. The molecule has 3 fully saturated rings. The Hall–Kier alpha value is -1.60. The summed E-state index contributed by atoms with van der Waals surface area (Å²) >= 11 is 1.71. The maximum Gasteiger partial charge on any atom is 0.223 e. The van der Waals surface area contributed by atoms with Gasteiger partial charge < -0.3 is 19.6 Å². The number of rotatable bonds is 5. The predicted octanol–water partition coefficient (Wildman–Crippen LogP) is 4.12. The first-order chi connectivity index (χ1) is 14.7. The van der Waals surface area contributed by atoms with Crippen LogP contribution in [0, 0.1) is 17.8 Å². The highest BCUT2D eigenvalue weighted by Gasteiger charge is 2.38. The van der Waals surface area contributed by atoms with Gasteiger partial charge in [0.25, 0.3) is 0 Å². The van der Waals surface area contributed by atoms with Gasteiger partial charge in [-0.2, -0.15) is 0 Å². The molecule has 164 valence electrons. The van der Waals surface area contributed by atoms with Crippen molar-refractivity contribution in [1.29, 1.82) is 0 Å². The zero-order valence-electron chi connectivity index (χ0n) is 18.0. The number of fused-ring (bicyclic) bond motifs is 1. The zero-order chi connectivity index (χ0) is 20.5. The normalized spacial score (nSPS) is 30.8. The minimum Gasteiger partial charge on any atom is -0.353 e. The Morgan fingerprint density at radius 2 is 2.03 bits per heavy atom. The van der Waals surface area contributed by atoms with E-state index in [1.807, 2.05) is 6.07 Å². The van der Waals surface area contributed by atoms with Crippen LogP contribution >= 0.6 is 11.3 Å². The molecule has 2 aromatic rings. The number of aromatic nitrogens is 1. The van der Waals surface area contributed by atoms with Gasteiger partial charge in [0.05, 0.1) is 0 Å². The lowest BCUT2D eigenvalue weighted by molar-refractivity contribution is -0.131. The molecule has 6 nitrogen and oxygen atoms in total. The second kappa shape index (κ2) is 8.87. The highest BCUT2D eigenvalue weighted by Crippen LogP contribution is 2.36. The standard InChI is InChI=1S/C23H34N4O2S/c1-16-3-6-18(7-4-16)24-23(28)19-8-5-17(19)15-26-10-2-11-27(13-12-26)22-21-20(29-25-22)9-14-30-21/h9,14,16-19H,2-8,10-13,15H2,1H3,(H,24,28)/t16-,17-,18-,19+/m0/s1. The molecule has 1 N–H and O–H groups in total. The molecule has 5 rings (SSSR count). The number of thiophene rings is 1. The molecule has 0 unspecified atom stereocenters. The average Bonchev–Trinajstić information content (AvgIpc) is 3.25. The van der Waals surface area contributed by atoms with Crippen molar-refractivity contribution in [3.63, 3.8) is 0 Å². The lowest BCUT2D eigenvalue weighted by Crippen LogP contribution is -2.49. The van der Waals surface area contributed by atoms with Crippen molar-refractivity contribution in [2.75, 3.05) is 37.6 Å². The molecule has 1 aliphatic heterocycles.